The third-order valence-corrected chi connectivity index (χ3v) is 5.08. The molecule has 27 heavy (non-hydrogen) atoms. The van der Waals surface area contributed by atoms with E-state index in [2.05, 4.69) is 10.6 Å². The van der Waals surface area contributed by atoms with Crippen LogP contribution in [-0.2, 0) is 0 Å². The number of ether oxygens (including phenoxy) is 1. The molecule has 1 saturated carbocycles. The molecule has 0 spiro atoms. The number of carbonyl (C=O) groups excluding carboxylic acids is 2. The van der Waals surface area contributed by atoms with Crippen LogP contribution in [0.15, 0.2) is 42.5 Å². The van der Waals surface area contributed by atoms with Crippen LogP contribution in [0.25, 0.3) is 0 Å². The van der Waals surface area contributed by atoms with E-state index in [9.17, 15) is 14.7 Å². The van der Waals surface area contributed by atoms with Crippen molar-refractivity contribution in [3.8, 4) is 5.75 Å². The summed E-state index contributed by atoms with van der Waals surface area (Å²) in [4.78, 5) is 25.1. The number of amides is 2. The monoisotopic (exact) mass is 366 g/mol. The number of nitrogens with one attached hydrogen (secondary N) is 2. The summed E-state index contributed by atoms with van der Waals surface area (Å²) in [6.07, 6.45) is 1.47. The predicted octanol–water partition coefficient (Wildman–Crippen LogP) is 1.82. The Kier molecular flexibility index (Phi) is 4.58. The zero-order chi connectivity index (χ0) is 19.0. The Morgan fingerprint density at radius 3 is 2.52 bits per heavy atom. The topological polar surface area (TPSA) is 87.7 Å². The zero-order valence-electron chi connectivity index (χ0n) is 15.1. The second-order valence-electron chi connectivity index (χ2n) is 7.00. The van der Waals surface area contributed by atoms with Crippen LogP contribution < -0.4 is 15.4 Å². The number of hydrogen-bond donors (Lipinski definition) is 3. The van der Waals surface area contributed by atoms with Crippen molar-refractivity contribution in [1.29, 1.82) is 0 Å². The molecule has 2 aliphatic rings. The summed E-state index contributed by atoms with van der Waals surface area (Å²) >= 11 is 0. The second kappa shape index (κ2) is 7.04. The van der Waals surface area contributed by atoms with Gasteiger partial charge in [0.2, 0.25) is 0 Å². The van der Waals surface area contributed by atoms with Gasteiger partial charge >= 0.3 is 0 Å². The van der Waals surface area contributed by atoms with Crippen LogP contribution in [0.1, 0.15) is 50.6 Å². The highest BCUT2D eigenvalue weighted by Crippen LogP contribution is 2.45. The molecule has 2 aromatic rings. The lowest BCUT2D eigenvalue weighted by Crippen LogP contribution is -2.26. The minimum atomic E-state index is -0.507. The van der Waals surface area contributed by atoms with Crippen LogP contribution in [0.5, 0.6) is 5.75 Å². The Hall–Kier alpha value is -2.86. The van der Waals surface area contributed by atoms with E-state index in [1.807, 2.05) is 30.3 Å². The van der Waals surface area contributed by atoms with Gasteiger partial charge in [0.25, 0.3) is 11.8 Å². The van der Waals surface area contributed by atoms with Gasteiger partial charge in [-0.3, -0.25) is 9.59 Å². The summed E-state index contributed by atoms with van der Waals surface area (Å²) in [6, 6.07) is 13.3. The lowest BCUT2D eigenvalue weighted by Gasteiger charge is -2.17. The maximum atomic E-state index is 12.6. The van der Waals surface area contributed by atoms with Gasteiger partial charge in [0.15, 0.2) is 0 Å². The number of rotatable bonds is 5. The van der Waals surface area contributed by atoms with E-state index in [0.717, 1.165) is 24.0 Å². The van der Waals surface area contributed by atoms with E-state index in [1.165, 1.54) is 0 Å². The van der Waals surface area contributed by atoms with E-state index >= 15 is 0 Å². The summed E-state index contributed by atoms with van der Waals surface area (Å²) < 4.78 is 5.96. The first kappa shape index (κ1) is 17.5. The van der Waals surface area contributed by atoms with Gasteiger partial charge in [0.1, 0.15) is 11.9 Å². The normalized spacial score (nSPS) is 20.5. The van der Waals surface area contributed by atoms with Gasteiger partial charge in [-0.25, -0.2) is 0 Å². The maximum absolute atomic E-state index is 12.6. The molecule has 1 aliphatic carbocycles. The number of fused-ring (bicyclic) bond motifs is 1. The summed E-state index contributed by atoms with van der Waals surface area (Å²) in [5.41, 5.74) is 2.47. The minimum absolute atomic E-state index is 0.189. The molecule has 1 heterocycles. The minimum Gasteiger partial charge on any atom is -0.486 e. The molecule has 0 saturated heterocycles. The molecule has 1 unspecified atom stereocenters. The van der Waals surface area contributed by atoms with Crippen LogP contribution in [-0.4, -0.2) is 42.7 Å². The highest BCUT2D eigenvalue weighted by Gasteiger charge is 2.38. The van der Waals surface area contributed by atoms with Crippen molar-refractivity contribution in [3.05, 3.63) is 64.7 Å². The van der Waals surface area contributed by atoms with E-state index in [1.54, 1.807) is 19.2 Å². The quantitative estimate of drug-likeness (QED) is 0.753. The molecule has 0 bridgehead atoms. The molecule has 2 aromatic carbocycles. The average Bonchev–Trinajstić information content (AvgIpc) is 3.43. The largest absolute Gasteiger partial charge is 0.486 e. The SMILES string of the molecule is CNC(=O)c1cc(C(=O)NC2CC2)cc2c1OC(CO)[C@H]2c1ccccc1. The fraction of sp³-hybridized carbons (Fsp3) is 0.333. The molecule has 6 heteroatoms. The first-order chi connectivity index (χ1) is 13.1. The summed E-state index contributed by atoms with van der Waals surface area (Å²) in [6.45, 7) is -0.189. The van der Waals surface area contributed by atoms with Crippen molar-refractivity contribution in [3.63, 3.8) is 0 Å². The van der Waals surface area contributed by atoms with E-state index < -0.39 is 6.10 Å². The Morgan fingerprint density at radius 2 is 1.89 bits per heavy atom. The lowest BCUT2D eigenvalue weighted by atomic mass is 9.86. The molecule has 4 rings (SSSR count). The van der Waals surface area contributed by atoms with Gasteiger partial charge in [0.05, 0.1) is 18.1 Å². The van der Waals surface area contributed by atoms with Crippen molar-refractivity contribution in [2.75, 3.05) is 13.7 Å². The Balaban J connectivity index is 1.83. The van der Waals surface area contributed by atoms with Crippen LogP contribution >= 0.6 is 0 Å². The number of hydrogen-bond acceptors (Lipinski definition) is 4. The number of aliphatic hydroxyl groups is 1. The number of carbonyl (C=O) groups is 2. The van der Waals surface area contributed by atoms with Crippen molar-refractivity contribution in [2.45, 2.75) is 30.9 Å². The lowest BCUT2D eigenvalue weighted by molar-refractivity contribution is 0.0947. The molecule has 1 fully saturated rings. The molecule has 0 radical (unpaired) electrons. The van der Waals surface area contributed by atoms with E-state index in [0.29, 0.717) is 16.9 Å². The second-order valence-corrected chi connectivity index (χ2v) is 7.00. The molecule has 2 amide bonds. The standard InChI is InChI=1S/C21H22N2O4/c1-22-21(26)16-10-13(20(25)23-14-7-8-14)9-15-18(12-5-3-2-4-6-12)17(11-24)27-19(15)16/h2-6,9-10,14,17-18,24H,7-8,11H2,1H3,(H,22,26)(H,23,25)/t17?,18-/m0/s1. The molecule has 2 atom stereocenters. The molecular weight excluding hydrogens is 344 g/mol. The van der Waals surface area contributed by atoms with Crippen LogP contribution in [0, 0.1) is 0 Å². The highest BCUT2D eigenvalue weighted by molar-refractivity contribution is 6.02. The van der Waals surface area contributed by atoms with Gasteiger partial charge in [-0.1, -0.05) is 30.3 Å². The molecule has 140 valence electrons. The zero-order valence-corrected chi connectivity index (χ0v) is 15.1. The third-order valence-electron chi connectivity index (χ3n) is 5.08. The molecule has 1 aliphatic heterocycles. The van der Waals surface area contributed by atoms with Crippen molar-refractivity contribution >= 4 is 11.8 Å². The first-order valence-corrected chi connectivity index (χ1v) is 9.15. The van der Waals surface area contributed by atoms with Gasteiger partial charge in [-0.05, 0) is 30.5 Å². The molecule has 3 N–H and O–H groups in total. The van der Waals surface area contributed by atoms with Gasteiger partial charge in [-0.15, -0.1) is 0 Å². The predicted molar refractivity (Wildman–Crippen MR) is 100 cm³/mol. The Morgan fingerprint density at radius 1 is 1.15 bits per heavy atom. The summed E-state index contributed by atoms with van der Waals surface area (Å²) in [5.74, 6) is -0.323. The van der Waals surface area contributed by atoms with Crippen LogP contribution in [0.2, 0.25) is 0 Å². The van der Waals surface area contributed by atoms with Gasteiger partial charge < -0.3 is 20.5 Å². The van der Waals surface area contributed by atoms with Crippen molar-refractivity contribution in [2.24, 2.45) is 0 Å². The van der Waals surface area contributed by atoms with Crippen molar-refractivity contribution < 1.29 is 19.4 Å². The van der Waals surface area contributed by atoms with Gasteiger partial charge in [-0.2, -0.15) is 0 Å². The van der Waals surface area contributed by atoms with Gasteiger partial charge in [0, 0.05) is 24.2 Å². The molecular formula is C21H22N2O4. The number of benzene rings is 2. The summed E-state index contributed by atoms with van der Waals surface area (Å²) in [5, 5.41) is 15.4. The molecule has 6 nitrogen and oxygen atoms in total. The van der Waals surface area contributed by atoms with Crippen molar-refractivity contribution in [1.82, 2.24) is 10.6 Å². The number of aliphatic hydroxyl groups excluding tert-OH is 1. The highest BCUT2D eigenvalue weighted by atomic mass is 16.5. The van der Waals surface area contributed by atoms with Crippen LogP contribution in [0.3, 0.4) is 0 Å². The first-order valence-electron chi connectivity index (χ1n) is 9.15. The Bertz CT molecular complexity index is 877. The average molecular weight is 366 g/mol. The van der Waals surface area contributed by atoms with Crippen LogP contribution in [0.4, 0.5) is 0 Å². The Labute approximate surface area is 157 Å². The fourth-order valence-corrected chi connectivity index (χ4v) is 3.56. The third kappa shape index (κ3) is 3.28. The molecule has 0 aromatic heterocycles. The fourth-order valence-electron chi connectivity index (χ4n) is 3.56. The van der Waals surface area contributed by atoms with E-state index in [-0.39, 0.29) is 30.4 Å². The maximum Gasteiger partial charge on any atom is 0.254 e. The van der Waals surface area contributed by atoms with E-state index in [4.69, 9.17) is 4.74 Å². The smallest absolute Gasteiger partial charge is 0.254 e. The summed E-state index contributed by atoms with van der Waals surface area (Å²) in [7, 11) is 1.54.